The number of carbonyl (C=O) groups is 2. The van der Waals surface area contributed by atoms with E-state index in [1.807, 2.05) is 0 Å². The van der Waals surface area contributed by atoms with Gasteiger partial charge >= 0.3 is 6.18 Å². The summed E-state index contributed by atoms with van der Waals surface area (Å²) >= 11 is 6.01. The highest BCUT2D eigenvalue weighted by Gasteiger charge is 2.38. The molecule has 2 N–H and O–H groups in total. The van der Waals surface area contributed by atoms with Crippen molar-refractivity contribution in [3.8, 4) is 0 Å². The van der Waals surface area contributed by atoms with Crippen molar-refractivity contribution in [1.29, 1.82) is 0 Å². The first-order valence-electron chi connectivity index (χ1n) is 8.03. The molecule has 0 spiro atoms. The first kappa shape index (κ1) is 20.8. The first-order chi connectivity index (χ1) is 12.5. The molecule has 0 unspecified atom stereocenters. The van der Waals surface area contributed by atoms with Crippen LogP contribution in [-0.4, -0.2) is 11.8 Å². The fourth-order valence-electron chi connectivity index (χ4n) is 2.26. The average Bonchev–Trinajstić information content (AvgIpc) is 2.60. The molecular formula is C19H18ClF3N2O2. The molecule has 0 aliphatic rings. The molecule has 2 amide bonds. The van der Waals surface area contributed by atoms with E-state index < -0.39 is 34.7 Å². The molecule has 144 valence electrons. The Morgan fingerprint density at radius 3 is 2.19 bits per heavy atom. The smallest absolute Gasteiger partial charge is 0.351 e. The first-order valence-corrected chi connectivity index (χ1v) is 8.40. The van der Waals surface area contributed by atoms with E-state index in [1.54, 1.807) is 24.3 Å². The molecular weight excluding hydrogens is 381 g/mol. The Balaban J connectivity index is 2.11. The summed E-state index contributed by atoms with van der Waals surface area (Å²) < 4.78 is 39.2. The van der Waals surface area contributed by atoms with Crippen molar-refractivity contribution >= 4 is 29.1 Å². The Kier molecular flexibility index (Phi) is 6.15. The van der Waals surface area contributed by atoms with Crippen molar-refractivity contribution in [2.75, 3.05) is 5.32 Å². The van der Waals surface area contributed by atoms with Gasteiger partial charge in [0, 0.05) is 11.6 Å². The van der Waals surface area contributed by atoms with E-state index >= 15 is 0 Å². The third kappa shape index (κ3) is 5.01. The monoisotopic (exact) mass is 398 g/mol. The lowest BCUT2D eigenvalue weighted by Gasteiger charge is -2.24. The Bertz CT molecular complexity index is 851. The fraction of sp³-hybridized carbons (Fsp3) is 0.263. The Hall–Kier alpha value is -2.54. The van der Waals surface area contributed by atoms with Gasteiger partial charge < -0.3 is 10.6 Å². The highest BCUT2D eigenvalue weighted by Crippen LogP contribution is 2.35. The van der Waals surface area contributed by atoms with Gasteiger partial charge in [0.25, 0.3) is 0 Å². The van der Waals surface area contributed by atoms with E-state index in [1.165, 1.54) is 26.0 Å². The maximum atomic E-state index is 13.1. The normalized spacial score (nSPS) is 11.8. The van der Waals surface area contributed by atoms with Crippen molar-refractivity contribution < 1.29 is 22.8 Å². The van der Waals surface area contributed by atoms with Crippen LogP contribution in [0.25, 0.3) is 0 Å². The zero-order valence-corrected chi connectivity index (χ0v) is 15.4. The lowest BCUT2D eigenvalue weighted by molar-refractivity contribution is -0.138. The van der Waals surface area contributed by atoms with Gasteiger partial charge in [-0.05, 0) is 37.6 Å². The van der Waals surface area contributed by atoms with E-state index in [0.29, 0.717) is 10.6 Å². The van der Waals surface area contributed by atoms with E-state index in [9.17, 15) is 22.8 Å². The molecule has 0 aliphatic carbocycles. The summed E-state index contributed by atoms with van der Waals surface area (Å²) in [7, 11) is 0. The van der Waals surface area contributed by atoms with Gasteiger partial charge in [-0.15, -0.1) is 0 Å². The van der Waals surface area contributed by atoms with Crippen LogP contribution in [0.4, 0.5) is 18.9 Å². The lowest BCUT2D eigenvalue weighted by atomic mass is 9.90. The number of rotatable bonds is 5. The van der Waals surface area contributed by atoms with Crippen LogP contribution < -0.4 is 10.6 Å². The van der Waals surface area contributed by atoms with Crippen molar-refractivity contribution in [2.24, 2.45) is 5.41 Å². The van der Waals surface area contributed by atoms with Crippen LogP contribution in [0.2, 0.25) is 5.02 Å². The molecule has 2 aromatic carbocycles. The van der Waals surface area contributed by atoms with Gasteiger partial charge in [0.2, 0.25) is 11.8 Å². The zero-order chi connectivity index (χ0) is 20.2. The molecule has 27 heavy (non-hydrogen) atoms. The minimum absolute atomic E-state index is 0.0916. The summed E-state index contributed by atoms with van der Waals surface area (Å²) in [6, 6.07) is 11.5. The standard InChI is InChI=1S/C19H18ClF3N2O2/c1-18(2,16(26)24-11-12-7-3-5-9-14(12)20)17(27)25-15-10-6-4-8-13(15)19(21,22)23/h3-10H,11H2,1-2H3,(H,24,26)(H,25,27). The SMILES string of the molecule is CC(C)(C(=O)NCc1ccccc1Cl)C(=O)Nc1ccccc1C(F)(F)F. The second-order valence-electron chi connectivity index (χ2n) is 6.40. The molecule has 0 atom stereocenters. The second-order valence-corrected chi connectivity index (χ2v) is 6.80. The molecule has 2 aromatic rings. The van der Waals surface area contributed by atoms with Gasteiger partial charge in [0.15, 0.2) is 0 Å². The van der Waals surface area contributed by atoms with Crippen LogP contribution in [0.5, 0.6) is 0 Å². The van der Waals surface area contributed by atoms with Crippen molar-refractivity contribution in [3.05, 3.63) is 64.7 Å². The van der Waals surface area contributed by atoms with Crippen molar-refractivity contribution in [3.63, 3.8) is 0 Å². The number of halogens is 4. The molecule has 4 nitrogen and oxygen atoms in total. The zero-order valence-electron chi connectivity index (χ0n) is 14.7. The fourth-order valence-corrected chi connectivity index (χ4v) is 2.46. The number of para-hydroxylation sites is 1. The molecule has 0 radical (unpaired) electrons. The van der Waals surface area contributed by atoms with Crippen molar-refractivity contribution in [1.82, 2.24) is 5.32 Å². The molecule has 2 rings (SSSR count). The molecule has 0 bridgehead atoms. The molecule has 0 aliphatic heterocycles. The Labute approximate surface area is 159 Å². The third-order valence-corrected chi connectivity index (χ3v) is 4.38. The number of hydrogen-bond acceptors (Lipinski definition) is 2. The number of nitrogens with one attached hydrogen (secondary N) is 2. The lowest BCUT2D eigenvalue weighted by Crippen LogP contribution is -2.45. The van der Waals surface area contributed by atoms with Crippen molar-refractivity contribution in [2.45, 2.75) is 26.6 Å². The molecule has 0 fully saturated rings. The molecule has 0 heterocycles. The van der Waals surface area contributed by atoms with E-state index in [0.717, 1.165) is 12.1 Å². The summed E-state index contributed by atoms with van der Waals surface area (Å²) in [4.78, 5) is 24.9. The maximum Gasteiger partial charge on any atom is 0.418 e. The largest absolute Gasteiger partial charge is 0.418 e. The average molecular weight is 399 g/mol. The maximum absolute atomic E-state index is 13.1. The van der Waals surface area contributed by atoms with Crippen LogP contribution in [0.1, 0.15) is 25.0 Å². The Morgan fingerprint density at radius 2 is 1.56 bits per heavy atom. The molecule has 0 aromatic heterocycles. The number of hydrogen-bond donors (Lipinski definition) is 2. The van der Waals surface area contributed by atoms with Gasteiger partial charge in [-0.1, -0.05) is 41.9 Å². The summed E-state index contributed by atoms with van der Waals surface area (Å²) in [5.74, 6) is -1.49. The van der Waals surface area contributed by atoms with Crippen LogP contribution in [0.3, 0.4) is 0 Å². The minimum atomic E-state index is -4.62. The molecule has 0 saturated carbocycles. The van der Waals surface area contributed by atoms with Gasteiger partial charge in [0.1, 0.15) is 5.41 Å². The number of carbonyl (C=O) groups excluding carboxylic acids is 2. The van der Waals surface area contributed by atoms with Gasteiger partial charge in [0.05, 0.1) is 11.3 Å². The summed E-state index contributed by atoms with van der Waals surface area (Å²) in [5, 5.41) is 5.24. The minimum Gasteiger partial charge on any atom is -0.351 e. The predicted molar refractivity (Wildman–Crippen MR) is 97.2 cm³/mol. The van der Waals surface area contributed by atoms with E-state index in [-0.39, 0.29) is 6.54 Å². The predicted octanol–water partition coefficient (Wildman–Crippen LogP) is 4.64. The summed E-state index contributed by atoms with van der Waals surface area (Å²) in [6.45, 7) is 2.76. The Morgan fingerprint density at radius 1 is 0.963 bits per heavy atom. The number of alkyl halides is 3. The van der Waals surface area contributed by atoms with E-state index in [4.69, 9.17) is 11.6 Å². The highest BCUT2D eigenvalue weighted by molar-refractivity contribution is 6.31. The van der Waals surface area contributed by atoms with Crippen LogP contribution in [0, 0.1) is 5.41 Å². The van der Waals surface area contributed by atoms with Crippen LogP contribution in [-0.2, 0) is 22.3 Å². The van der Waals surface area contributed by atoms with Gasteiger partial charge in [-0.2, -0.15) is 13.2 Å². The highest BCUT2D eigenvalue weighted by atomic mass is 35.5. The molecule has 0 saturated heterocycles. The summed E-state index contributed by atoms with van der Waals surface area (Å²) in [5.41, 5.74) is -2.32. The number of benzene rings is 2. The van der Waals surface area contributed by atoms with Gasteiger partial charge in [-0.25, -0.2) is 0 Å². The molecule has 8 heteroatoms. The van der Waals surface area contributed by atoms with Crippen LogP contribution >= 0.6 is 11.6 Å². The second kappa shape index (κ2) is 8.00. The number of amides is 2. The topological polar surface area (TPSA) is 58.2 Å². The quantitative estimate of drug-likeness (QED) is 0.721. The summed E-state index contributed by atoms with van der Waals surface area (Å²) in [6.07, 6.45) is -4.62. The number of anilines is 1. The van der Waals surface area contributed by atoms with Crippen LogP contribution in [0.15, 0.2) is 48.5 Å². The van der Waals surface area contributed by atoms with E-state index in [2.05, 4.69) is 10.6 Å². The van der Waals surface area contributed by atoms with Gasteiger partial charge in [-0.3, -0.25) is 9.59 Å². The third-order valence-electron chi connectivity index (χ3n) is 4.01.